The Labute approximate surface area is 205 Å². The second-order valence-electron chi connectivity index (χ2n) is 8.33. The normalized spacial score (nSPS) is 12.3. The summed E-state index contributed by atoms with van der Waals surface area (Å²) < 4.78 is 34.0. The summed E-state index contributed by atoms with van der Waals surface area (Å²) in [6.07, 6.45) is 10.7. The number of aliphatic hydroxyl groups excluding tert-OH is 1. The van der Waals surface area contributed by atoms with Gasteiger partial charge in [0.2, 0.25) is 0 Å². The fraction of sp³-hybridized carbons (Fsp3) is 0.750. The Morgan fingerprint density at radius 3 is 1.41 bits per heavy atom. The predicted molar refractivity (Wildman–Crippen MR) is 138 cm³/mol. The molecule has 0 aliphatic rings. The molecule has 0 aliphatic heterocycles. The van der Waals surface area contributed by atoms with Gasteiger partial charge in [-0.25, -0.2) is 0 Å². The first-order valence-corrected chi connectivity index (χ1v) is 14.1. The summed E-state index contributed by atoms with van der Waals surface area (Å²) in [6.45, 7) is 16.8. The maximum absolute atomic E-state index is 9.13. The lowest BCUT2D eigenvalue weighted by Crippen LogP contribution is -2.50. The largest absolute Gasteiger partial charge is 0.394 e. The third-order valence-electron chi connectivity index (χ3n) is 5.28. The lowest BCUT2D eigenvalue weighted by molar-refractivity contribution is -0.929. The topological polar surface area (TPSA) is 94.8 Å². The summed E-state index contributed by atoms with van der Waals surface area (Å²) in [5.74, 6) is 0. The highest BCUT2D eigenvalue weighted by Crippen LogP contribution is 2.17. The number of rotatable bonds is 13. The lowest BCUT2D eigenvalue weighted by Gasteiger charge is -2.39. The van der Waals surface area contributed by atoms with Gasteiger partial charge in [0.05, 0.1) is 32.3 Å². The van der Waals surface area contributed by atoms with E-state index < -0.39 is 10.4 Å². The molecule has 1 atom stereocenters. The lowest BCUT2D eigenvalue weighted by atomic mass is 10.1. The molecule has 0 fully saturated rings. The highest BCUT2D eigenvalue weighted by atomic mass is 79.9. The van der Waals surface area contributed by atoms with Crippen LogP contribution in [0, 0.1) is 0 Å². The molecule has 0 amide bonds. The van der Waals surface area contributed by atoms with Gasteiger partial charge in [-0.15, -0.1) is 0 Å². The number of unbranched alkanes of at least 4 members (excludes halogenated alkanes) is 4. The summed E-state index contributed by atoms with van der Waals surface area (Å²) in [4.78, 5) is 0. The quantitative estimate of drug-likeness (QED) is 0.187. The van der Waals surface area contributed by atoms with E-state index in [2.05, 4.69) is 43.6 Å². The highest BCUT2D eigenvalue weighted by Gasteiger charge is 2.24. The zero-order valence-electron chi connectivity index (χ0n) is 20.8. The Bertz CT molecular complexity index is 623. The van der Waals surface area contributed by atoms with E-state index >= 15 is 0 Å². The van der Waals surface area contributed by atoms with Crippen LogP contribution < -0.4 is 0 Å². The van der Waals surface area contributed by atoms with E-state index in [1.54, 1.807) is 6.92 Å². The predicted octanol–water partition coefficient (Wildman–Crippen LogP) is 6.85. The van der Waals surface area contributed by atoms with Crippen molar-refractivity contribution in [1.29, 1.82) is 0 Å². The van der Waals surface area contributed by atoms with Crippen molar-refractivity contribution in [3.63, 3.8) is 0 Å². The van der Waals surface area contributed by atoms with E-state index in [4.69, 9.17) is 22.6 Å². The van der Waals surface area contributed by atoms with Crippen LogP contribution in [0.3, 0.4) is 0 Å². The van der Waals surface area contributed by atoms with Crippen LogP contribution in [0.25, 0.3) is 0 Å². The molecule has 1 aromatic carbocycles. The van der Waals surface area contributed by atoms with Gasteiger partial charge in [0.25, 0.3) is 0 Å². The Morgan fingerprint density at radius 2 is 1.19 bits per heavy atom. The summed E-state index contributed by atoms with van der Waals surface area (Å²) in [5, 5.41) is 9.13. The molecule has 1 rings (SSSR count). The Morgan fingerprint density at radius 1 is 0.844 bits per heavy atom. The molecule has 0 radical (unpaired) electrons. The van der Waals surface area contributed by atoms with Crippen molar-refractivity contribution in [3.8, 4) is 0 Å². The van der Waals surface area contributed by atoms with Crippen molar-refractivity contribution in [2.45, 2.75) is 92.1 Å². The van der Waals surface area contributed by atoms with E-state index in [9.17, 15) is 0 Å². The number of hydrogen-bond acceptors (Lipinski definition) is 3. The fourth-order valence-electron chi connectivity index (χ4n) is 3.41. The first kappa shape index (κ1) is 33.7. The maximum atomic E-state index is 9.13. The zero-order valence-corrected chi connectivity index (χ0v) is 23.2. The first-order valence-electron chi connectivity index (χ1n) is 11.9. The molecule has 0 heterocycles. The molecule has 190 valence electrons. The molecule has 6 nitrogen and oxygen atoms in total. The van der Waals surface area contributed by atoms with Crippen molar-refractivity contribution in [1.82, 2.24) is 0 Å². The first-order chi connectivity index (χ1) is 14.9. The SMILES string of the molecule is CC(O)c1cccc(Br)c1.CCCC[N+](CCCC)(CCCC)CCCC.O=S(=O)(O)O. The van der Waals surface area contributed by atoms with E-state index in [-0.39, 0.29) is 6.10 Å². The average molecular weight is 542 g/mol. The fourth-order valence-corrected chi connectivity index (χ4v) is 3.83. The monoisotopic (exact) mass is 540 g/mol. The smallest absolute Gasteiger partial charge is 0.389 e. The molecule has 1 aromatic rings. The number of halogens is 1. The molecule has 3 N–H and O–H groups in total. The Hall–Kier alpha value is -0.510. The summed E-state index contributed by atoms with van der Waals surface area (Å²) >= 11 is 3.32. The number of quaternary nitrogens is 1. The van der Waals surface area contributed by atoms with Crippen molar-refractivity contribution in [2.24, 2.45) is 0 Å². The highest BCUT2D eigenvalue weighted by molar-refractivity contribution is 9.10. The van der Waals surface area contributed by atoms with E-state index in [1.165, 1.54) is 82.0 Å². The van der Waals surface area contributed by atoms with Gasteiger partial charge in [-0.05, 0) is 50.3 Å². The summed E-state index contributed by atoms with van der Waals surface area (Å²) in [7, 11) is -4.67. The van der Waals surface area contributed by atoms with Crippen molar-refractivity contribution in [2.75, 3.05) is 26.2 Å². The molecular formula is C24H47BrNO5S+. The molecule has 1 unspecified atom stereocenters. The van der Waals surface area contributed by atoms with Gasteiger partial charge in [-0.3, -0.25) is 9.11 Å². The third kappa shape index (κ3) is 21.3. The van der Waals surface area contributed by atoms with Gasteiger partial charge >= 0.3 is 10.4 Å². The van der Waals surface area contributed by atoms with Gasteiger partial charge in [0, 0.05) is 4.47 Å². The molecule has 0 spiro atoms. The second kappa shape index (κ2) is 19.9. The Kier molecular flexibility index (Phi) is 20.9. The van der Waals surface area contributed by atoms with E-state index in [0.29, 0.717) is 0 Å². The molecule has 0 saturated heterocycles. The van der Waals surface area contributed by atoms with Crippen molar-refractivity contribution < 1.29 is 27.1 Å². The minimum absolute atomic E-state index is 0.377. The van der Waals surface area contributed by atoms with Crippen LogP contribution in [0.15, 0.2) is 28.7 Å². The molecule has 0 aromatic heterocycles. The van der Waals surface area contributed by atoms with Gasteiger partial charge in [0.15, 0.2) is 0 Å². The number of benzene rings is 1. The van der Waals surface area contributed by atoms with Crippen LogP contribution in [0.1, 0.15) is 97.7 Å². The molecule has 8 heteroatoms. The third-order valence-corrected chi connectivity index (χ3v) is 5.77. The average Bonchev–Trinajstić information content (AvgIpc) is 2.72. The molecule has 0 bridgehead atoms. The van der Waals surface area contributed by atoms with Crippen LogP contribution in [-0.2, 0) is 10.4 Å². The molecular weight excluding hydrogens is 494 g/mol. The van der Waals surface area contributed by atoms with Crippen LogP contribution in [0.4, 0.5) is 0 Å². The van der Waals surface area contributed by atoms with Gasteiger partial charge < -0.3 is 9.59 Å². The van der Waals surface area contributed by atoms with Crippen molar-refractivity contribution >= 4 is 26.3 Å². The van der Waals surface area contributed by atoms with E-state index in [1.807, 2.05) is 24.3 Å². The maximum Gasteiger partial charge on any atom is 0.394 e. The minimum Gasteiger partial charge on any atom is -0.389 e. The number of aliphatic hydroxyl groups is 1. The van der Waals surface area contributed by atoms with Crippen LogP contribution in [0.5, 0.6) is 0 Å². The molecule has 0 aliphatic carbocycles. The Balaban J connectivity index is 0. The minimum atomic E-state index is -4.67. The van der Waals surface area contributed by atoms with Crippen molar-refractivity contribution in [3.05, 3.63) is 34.3 Å². The van der Waals surface area contributed by atoms with Gasteiger partial charge in [-0.2, -0.15) is 8.42 Å². The van der Waals surface area contributed by atoms with Crippen LogP contribution in [0.2, 0.25) is 0 Å². The van der Waals surface area contributed by atoms with Gasteiger partial charge in [0.1, 0.15) is 0 Å². The van der Waals surface area contributed by atoms with Crippen LogP contribution >= 0.6 is 15.9 Å². The van der Waals surface area contributed by atoms with Crippen LogP contribution in [-0.4, -0.2) is 53.3 Å². The molecule has 32 heavy (non-hydrogen) atoms. The zero-order chi connectivity index (χ0) is 25.0. The number of nitrogens with zero attached hydrogens (tertiary/aromatic N) is 1. The van der Waals surface area contributed by atoms with Gasteiger partial charge in [-0.1, -0.05) is 81.4 Å². The summed E-state index contributed by atoms with van der Waals surface area (Å²) in [5.41, 5.74) is 0.939. The molecule has 0 saturated carbocycles. The van der Waals surface area contributed by atoms with E-state index in [0.717, 1.165) is 10.0 Å². The standard InChI is InChI=1S/C16H36N.C8H9BrO.H2O4S/c1-5-9-13-17(14-10-6-2,15-11-7-3)16-12-8-4;1-6(10)7-3-2-4-8(9)5-7;1-5(2,3)4/h5-16H2,1-4H3;2-6,10H,1H3;(H2,1,2,3,4)/q+1;;. The summed E-state index contributed by atoms with van der Waals surface area (Å²) in [6, 6.07) is 7.65. The second-order valence-corrected chi connectivity index (χ2v) is 10.1. The number of hydrogen-bond donors (Lipinski definition) is 3.